The van der Waals surface area contributed by atoms with Crippen molar-refractivity contribution in [1.29, 1.82) is 0 Å². The molecule has 0 fully saturated rings. The summed E-state index contributed by atoms with van der Waals surface area (Å²) in [5.74, 6) is 0.936. The Bertz CT molecular complexity index is 415. The van der Waals surface area contributed by atoms with Gasteiger partial charge in [-0.15, -0.1) is 0 Å². The van der Waals surface area contributed by atoms with Gasteiger partial charge < -0.3 is 9.84 Å². The van der Waals surface area contributed by atoms with Gasteiger partial charge in [-0.3, -0.25) is 0 Å². The average molecular weight is 187 g/mol. The summed E-state index contributed by atoms with van der Waals surface area (Å²) in [7, 11) is 0. The van der Waals surface area contributed by atoms with Crippen LogP contribution >= 0.6 is 0 Å². The molecule has 0 saturated carbocycles. The van der Waals surface area contributed by atoms with Gasteiger partial charge in [0.05, 0.1) is 0 Å². The Kier molecular flexibility index (Phi) is 2.32. The largest absolute Gasteiger partial charge is 0.491 e. The highest BCUT2D eigenvalue weighted by Crippen LogP contribution is 2.27. The Hall–Kier alpha value is -2.03. The highest BCUT2D eigenvalue weighted by Gasteiger charge is 2.02. The minimum Gasteiger partial charge on any atom is -0.491 e. The first-order valence-corrected chi connectivity index (χ1v) is 4.23. The van der Waals surface area contributed by atoms with Crippen molar-refractivity contribution in [3.8, 4) is 17.4 Å². The Balaban J connectivity index is 2.24. The van der Waals surface area contributed by atoms with Gasteiger partial charge in [-0.05, 0) is 24.3 Å². The summed E-state index contributed by atoms with van der Waals surface area (Å²) >= 11 is 0. The van der Waals surface area contributed by atoms with Crippen LogP contribution in [0, 0.1) is 0 Å². The second-order valence-corrected chi connectivity index (χ2v) is 2.74. The molecule has 0 unspecified atom stereocenters. The van der Waals surface area contributed by atoms with Crippen LogP contribution in [0.5, 0.6) is 17.4 Å². The van der Waals surface area contributed by atoms with Gasteiger partial charge in [0.2, 0.25) is 0 Å². The van der Waals surface area contributed by atoms with Crippen molar-refractivity contribution in [2.75, 3.05) is 0 Å². The standard InChI is InChI=1S/C11H9NO2/c13-11-10(7-4-8-12-11)14-9-5-2-1-3-6-9/h1-8H,(H,12,13). The molecule has 0 amide bonds. The van der Waals surface area contributed by atoms with Crippen LogP contribution in [0.3, 0.4) is 0 Å². The van der Waals surface area contributed by atoms with Gasteiger partial charge in [-0.25, -0.2) is 4.98 Å². The highest BCUT2D eigenvalue weighted by atomic mass is 16.5. The number of benzene rings is 1. The van der Waals surface area contributed by atoms with Crippen LogP contribution < -0.4 is 4.74 Å². The highest BCUT2D eigenvalue weighted by molar-refractivity contribution is 5.36. The maximum Gasteiger partial charge on any atom is 0.255 e. The van der Waals surface area contributed by atoms with Crippen LogP contribution in [0.15, 0.2) is 48.7 Å². The molecule has 3 heteroatoms. The lowest BCUT2D eigenvalue weighted by molar-refractivity contribution is 0.396. The lowest BCUT2D eigenvalue weighted by Gasteiger charge is -2.05. The van der Waals surface area contributed by atoms with Crippen molar-refractivity contribution in [3.63, 3.8) is 0 Å². The van der Waals surface area contributed by atoms with E-state index in [2.05, 4.69) is 4.98 Å². The van der Waals surface area contributed by atoms with Crippen molar-refractivity contribution in [2.24, 2.45) is 0 Å². The van der Waals surface area contributed by atoms with E-state index in [0.717, 1.165) is 0 Å². The normalized spacial score (nSPS) is 9.71. The van der Waals surface area contributed by atoms with Gasteiger partial charge in [0.1, 0.15) is 5.75 Å². The first kappa shape index (κ1) is 8.56. The zero-order chi connectivity index (χ0) is 9.80. The second kappa shape index (κ2) is 3.79. The molecular weight excluding hydrogens is 178 g/mol. The first-order valence-electron chi connectivity index (χ1n) is 4.23. The van der Waals surface area contributed by atoms with E-state index in [1.807, 2.05) is 30.3 Å². The maximum absolute atomic E-state index is 9.34. The molecular formula is C11H9NO2. The third-order valence-corrected chi connectivity index (χ3v) is 1.72. The van der Waals surface area contributed by atoms with Crippen LogP contribution in [0.1, 0.15) is 0 Å². The van der Waals surface area contributed by atoms with E-state index in [0.29, 0.717) is 11.5 Å². The van der Waals surface area contributed by atoms with Crippen molar-refractivity contribution >= 4 is 0 Å². The molecule has 0 spiro atoms. The Morgan fingerprint density at radius 2 is 1.79 bits per heavy atom. The van der Waals surface area contributed by atoms with Crippen LogP contribution in [0.4, 0.5) is 0 Å². The van der Waals surface area contributed by atoms with Crippen molar-refractivity contribution < 1.29 is 9.84 Å². The van der Waals surface area contributed by atoms with Gasteiger partial charge in [-0.2, -0.15) is 0 Å². The summed E-state index contributed by atoms with van der Waals surface area (Å²) in [6.07, 6.45) is 1.51. The van der Waals surface area contributed by atoms with Gasteiger partial charge in [0, 0.05) is 6.20 Å². The predicted molar refractivity (Wildman–Crippen MR) is 52.4 cm³/mol. The zero-order valence-corrected chi connectivity index (χ0v) is 7.42. The second-order valence-electron chi connectivity index (χ2n) is 2.74. The van der Waals surface area contributed by atoms with E-state index in [1.165, 1.54) is 6.20 Å². The molecule has 14 heavy (non-hydrogen) atoms. The molecule has 2 rings (SSSR count). The molecule has 0 radical (unpaired) electrons. The third-order valence-electron chi connectivity index (χ3n) is 1.72. The lowest BCUT2D eigenvalue weighted by atomic mass is 10.3. The van der Waals surface area contributed by atoms with Crippen LogP contribution in [-0.4, -0.2) is 10.1 Å². The number of nitrogens with zero attached hydrogens (tertiary/aromatic N) is 1. The predicted octanol–water partition coefficient (Wildman–Crippen LogP) is 2.58. The van der Waals surface area contributed by atoms with E-state index in [1.54, 1.807) is 12.1 Å². The number of ether oxygens (including phenoxy) is 1. The Morgan fingerprint density at radius 3 is 2.50 bits per heavy atom. The molecule has 0 bridgehead atoms. The van der Waals surface area contributed by atoms with E-state index in [4.69, 9.17) is 4.74 Å². The number of pyridine rings is 1. The number of hydrogen-bond donors (Lipinski definition) is 1. The number of para-hydroxylation sites is 1. The Morgan fingerprint density at radius 1 is 1.00 bits per heavy atom. The molecule has 1 heterocycles. The van der Waals surface area contributed by atoms with Crippen LogP contribution in [-0.2, 0) is 0 Å². The number of aromatic nitrogens is 1. The minimum atomic E-state index is -0.101. The summed E-state index contributed by atoms with van der Waals surface area (Å²) in [5.41, 5.74) is 0. The molecule has 1 aromatic heterocycles. The quantitative estimate of drug-likeness (QED) is 0.785. The molecule has 0 saturated heterocycles. The fourth-order valence-corrected chi connectivity index (χ4v) is 1.08. The van der Waals surface area contributed by atoms with Gasteiger partial charge in [-0.1, -0.05) is 18.2 Å². The summed E-state index contributed by atoms with van der Waals surface area (Å²) < 4.78 is 5.40. The van der Waals surface area contributed by atoms with E-state index >= 15 is 0 Å². The first-order chi connectivity index (χ1) is 6.86. The molecule has 70 valence electrons. The van der Waals surface area contributed by atoms with Gasteiger partial charge in [0.25, 0.3) is 5.88 Å². The van der Waals surface area contributed by atoms with Crippen LogP contribution in [0.25, 0.3) is 0 Å². The summed E-state index contributed by atoms with van der Waals surface area (Å²) in [4.78, 5) is 3.71. The summed E-state index contributed by atoms with van der Waals surface area (Å²) in [6, 6.07) is 12.6. The van der Waals surface area contributed by atoms with Crippen molar-refractivity contribution in [1.82, 2.24) is 4.98 Å². The molecule has 2 aromatic rings. The number of aromatic hydroxyl groups is 1. The Labute approximate surface area is 81.6 Å². The fourth-order valence-electron chi connectivity index (χ4n) is 1.08. The molecule has 0 atom stereocenters. The SMILES string of the molecule is Oc1ncccc1Oc1ccccc1. The molecule has 0 aliphatic rings. The number of hydrogen-bond acceptors (Lipinski definition) is 3. The van der Waals surface area contributed by atoms with E-state index < -0.39 is 0 Å². The monoisotopic (exact) mass is 187 g/mol. The lowest BCUT2D eigenvalue weighted by Crippen LogP contribution is -1.85. The molecule has 0 aliphatic heterocycles. The molecule has 1 aromatic carbocycles. The average Bonchev–Trinajstić information content (AvgIpc) is 2.23. The molecule has 1 N–H and O–H groups in total. The topological polar surface area (TPSA) is 42.4 Å². The summed E-state index contributed by atoms with van der Waals surface area (Å²) in [5, 5.41) is 9.34. The summed E-state index contributed by atoms with van der Waals surface area (Å²) in [6.45, 7) is 0. The molecule has 3 nitrogen and oxygen atoms in total. The fraction of sp³-hybridized carbons (Fsp3) is 0. The number of rotatable bonds is 2. The maximum atomic E-state index is 9.34. The van der Waals surface area contributed by atoms with E-state index in [-0.39, 0.29) is 5.88 Å². The van der Waals surface area contributed by atoms with Crippen molar-refractivity contribution in [2.45, 2.75) is 0 Å². The zero-order valence-electron chi connectivity index (χ0n) is 7.42. The van der Waals surface area contributed by atoms with Crippen molar-refractivity contribution in [3.05, 3.63) is 48.7 Å². The minimum absolute atomic E-state index is 0.101. The smallest absolute Gasteiger partial charge is 0.255 e. The van der Waals surface area contributed by atoms with Gasteiger partial charge >= 0.3 is 0 Å². The van der Waals surface area contributed by atoms with E-state index in [9.17, 15) is 5.11 Å². The third kappa shape index (κ3) is 1.82. The van der Waals surface area contributed by atoms with Crippen LogP contribution in [0.2, 0.25) is 0 Å². The molecule has 0 aliphatic carbocycles. The van der Waals surface area contributed by atoms with Gasteiger partial charge in [0.15, 0.2) is 5.75 Å².